The summed E-state index contributed by atoms with van der Waals surface area (Å²) < 4.78 is 0. The molecule has 2 heteroatoms. The average Bonchev–Trinajstić information content (AvgIpc) is 2.01. The minimum atomic E-state index is -0.0511. The van der Waals surface area contributed by atoms with Crippen LogP contribution in [0.4, 0.5) is 0 Å². The van der Waals surface area contributed by atoms with Crippen LogP contribution >= 0.6 is 0 Å². The molecular formula is C12H26N2. The SMILES string of the molecule is CC(C)C1CCCCN1CC(C)(C)N. The normalized spacial score (nSPS) is 25.7. The predicted octanol–water partition coefficient (Wildman–Crippen LogP) is 2.23. The second kappa shape index (κ2) is 4.63. The van der Waals surface area contributed by atoms with Crippen LogP contribution in [-0.2, 0) is 0 Å². The number of hydrogen-bond acceptors (Lipinski definition) is 2. The maximum atomic E-state index is 6.09. The van der Waals surface area contributed by atoms with Gasteiger partial charge in [0.15, 0.2) is 0 Å². The molecule has 2 N–H and O–H groups in total. The summed E-state index contributed by atoms with van der Waals surface area (Å²) in [7, 11) is 0. The summed E-state index contributed by atoms with van der Waals surface area (Å²) in [6.07, 6.45) is 4.09. The number of likely N-dealkylation sites (tertiary alicyclic amines) is 1. The fourth-order valence-corrected chi connectivity index (χ4v) is 2.49. The van der Waals surface area contributed by atoms with E-state index in [0.717, 1.165) is 18.5 Å². The minimum absolute atomic E-state index is 0.0511. The van der Waals surface area contributed by atoms with E-state index in [-0.39, 0.29) is 5.54 Å². The van der Waals surface area contributed by atoms with Gasteiger partial charge in [0.25, 0.3) is 0 Å². The van der Waals surface area contributed by atoms with Crippen molar-refractivity contribution in [1.29, 1.82) is 0 Å². The van der Waals surface area contributed by atoms with Crippen molar-refractivity contribution in [2.75, 3.05) is 13.1 Å². The largest absolute Gasteiger partial charge is 0.324 e. The predicted molar refractivity (Wildman–Crippen MR) is 62.3 cm³/mol. The molecule has 1 heterocycles. The lowest BCUT2D eigenvalue weighted by Gasteiger charge is -2.41. The van der Waals surface area contributed by atoms with Crippen molar-refractivity contribution in [3.63, 3.8) is 0 Å². The van der Waals surface area contributed by atoms with Gasteiger partial charge < -0.3 is 5.73 Å². The molecule has 0 aromatic rings. The molecule has 0 saturated carbocycles. The van der Waals surface area contributed by atoms with Crippen molar-refractivity contribution < 1.29 is 0 Å². The molecule has 0 spiro atoms. The van der Waals surface area contributed by atoms with Gasteiger partial charge in [0.2, 0.25) is 0 Å². The van der Waals surface area contributed by atoms with Gasteiger partial charge in [0.1, 0.15) is 0 Å². The van der Waals surface area contributed by atoms with Crippen molar-refractivity contribution in [3.8, 4) is 0 Å². The van der Waals surface area contributed by atoms with Crippen molar-refractivity contribution >= 4 is 0 Å². The highest BCUT2D eigenvalue weighted by Gasteiger charge is 2.28. The van der Waals surface area contributed by atoms with E-state index in [0.29, 0.717) is 0 Å². The number of rotatable bonds is 3. The monoisotopic (exact) mass is 198 g/mol. The molecule has 0 amide bonds. The van der Waals surface area contributed by atoms with Gasteiger partial charge in [-0.05, 0) is 39.2 Å². The van der Waals surface area contributed by atoms with Gasteiger partial charge in [-0.25, -0.2) is 0 Å². The summed E-state index contributed by atoms with van der Waals surface area (Å²) in [4.78, 5) is 2.59. The molecular weight excluding hydrogens is 172 g/mol. The first-order valence-corrected chi connectivity index (χ1v) is 5.93. The quantitative estimate of drug-likeness (QED) is 0.753. The number of hydrogen-bond donors (Lipinski definition) is 1. The Morgan fingerprint density at radius 2 is 2.00 bits per heavy atom. The zero-order chi connectivity index (χ0) is 10.8. The fraction of sp³-hybridized carbons (Fsp3) is 1.00. The molecule has 1 unspecified atom stereocenters. The fourth-order valence-electron chi connectivity index (χ4n) is 2.49. The third-order valence-corrected chi connectivity index (χ3v) is 3.04. The Morgan fingerprint density at radius 1 is 1.36 bits per heavy atom. The van der Waals surface area contributed by atoms with Gasteiger partial charge in [-0.1, -0.05) is 20.3 Å². The second-order valence-electron chi connectivity index (χ2n) is 5.77. The van der Waals surface area contributed by atoms with Crippen molar-refractivity contribution in [2.24, 2.45) is 11.7 Å². The summed E-state index contributed by atoms with van der Waals surface area (Å²) >= 11 is 0. The standard InChI is InChI=1S/C12H26N2/c1-10(2)11-7-5-6-8-14(11)9-12(3,4)13/h10-11H,5-9,13H2,1-4H3. The zero-order valence-corrected chi connectivity index (χ0v) is 10.2. The Kier molecular flexibility index (Phi) is 3.96. The van der Waals surface area contributed by atoms with Crippen LogP contribution in [0.3, 0.4) is 0 Å². The molecule has 1 saturated heterocycles. The minimum Gasteiger partial charge on any atom is -0.324 e. The lowest BCUT2D eigenvalue weighted by Crippen LogP contribution is -2.52. The highest BCUT2D eigenvalue weighted by atomic mass is 15.2. The molecule has 2 nitrogen and oxygen atoms in total. The van der Waals surface area contributed by atoms with E-state index in [4.69, 9.17) is 5.73 Å². The summed E-state index contributed by atoms with van der Waals surface area (Å²) in [6.45, 7) is 11.2. The Hall–Kier alpha value is -0.0800. The van der Waals surface area contributed by atoms with E-state index in [2.05, 4.69) is 32.6 Å². The first kappa shape index (κ1) is 12.0. The van der Waals surface area contributed by atoms with E-state index in [1.807, 2.05) is 0 Å². The molecule has 0 radical (unpaired) electrons. The Labute approximate surface area is 88.8 Å². The van der Waals surface area contributed by atoms with Crippen molar-refractivity contribution in [3.05, 3.63) is 0 Å². The molecule has 1 aliphatic heterocycles. The molecule has 1 atom stereocenters. The average molecular weight is 198 g/mol. The Balaban J connectivity index is 2.54. The van der Waals surface area contributed by atoms with Gasteiger partial charge in [0.05, 0.1) is 0 Å². The summed E-state index contributed by atoms with van der Waals surface area (Å²) in [6, 6.07) is 0.756. The second-order valence-corrected chi connectivity index (χ2v) is 5.77. The third kappa shape index (κ3) is 3.58. The van der Waals surface area contributed by atoms with Crippen LogP contribution in [0.15, 0.2) is 0 Å². The molecule has 0 aromatic heterocycles. The number of nitrogens with two attached hydrogens (primary N) is 1. The number of nitrogens with zero attached hydrogens (tertiary/aromatic N) is 1. The van der Waals surface area contributed by atoms with Gasteiger partial charge in [-0.2, -0.15) is 0 Å². The molecule has 1 aliphatic rings. The van der Waals surface area contributed by atoms with Crippen LogP contribution in [0.1, 0.15) is 47.0 Å². The van der Waals surface area contributed by atoms with E-state index >= 15 is 0 Å². The number of piperidine rings is 1. The Bertz CT molecular complexity index is 170. The molecule has 14 heavy (non-hydrogen) atoms. The maximum Gasteiger partial charge on any atom is 0.0226 e. The topological polar surface area (TPSA) is 29.3 Å². The van der Waals surface area contributed by atoms with Crippen molar-refractivity contribution in [2.45, 2.75) is 58.5 Å². The highest BCUT2D eigenvalue weighted by molar-refractivity contribution is 4.85. The van der Waals surface area contributed by atoms with Gasteiger partial charge in [-0.15, -0.1) is 0 Å². The van der Waals surface area contributed by atoms with Crippen LogP contribution in [-0.4, -0.2) is 29.6 Å². The Morgan fingerprint density at radius 3 is 2.50 bits per heavy atom. The van der Waals surface area contributed by atoms with E-state index in [9.17, 15) is 0 Å². The van der Waals surface area contributed by atoms with E-state index in [1.165, 1.54) is 25.8 Å². The summed E-state index contributed by atoms with van der Waals surface area (Å²) in [5.41, 5.74) is 6.04. The van der Waals surface area contributed by atoms with Gasteiger partial charge >= 0.3 is 0 Å². The van der Waals surface area contributed by atoms with Gasteiger partial charge in [-0.3, -0.25) is 4.90 Å². The van der Waals surface area contributed by atoms with Gasteiger partial charge in [0, 0.05) is 18.1 Å². The molecule has 1 fully saturated rings. The van der Waals surface area contributed by atoms with Crippen LogP contribution in [0, 0.1) is 5.92 Å². The first-order valence-electron chi connectivity index (χ1n) is 5.93. The molecule has 0 aliphatic carbocycles. The van der Waals surface area contributed by atoms with E-state index < -0.39 is 0 Å². The van der Waals surface area contributed by atoms with Crippen LogP contribution in [0.2, 0.25) is 0 Å². The van der Waals surface area contributed by atoms with Crippen LogP contribution in [0.25, 0.3) is 0 Å². The van der Waals surface area contributed by atoms with E-state index in [1.54, 1.807) is 0 Å². The molecule has 0 aromatic carbocycles. The van der Waals surface area contributed by atoms with Crippen molar-refractivity contribution in [1.82, 2.24) is 4.90 Å². The van der Waals surface area contributed by atoms with Crippen LogP contribution < -0.4 is 5.73 Å². The summed E-state index contributed by atoms with van der Waals surface area (Å²) in [5.74, 6) is 0.762. The first-order chi connectivity index (χ1) is 6.40. The molecule has 84 valence electrons. The summed E-state index contributed by atoms with van der Waals surface area (Å²) in [5, 5.41) is 0. The zero-order valence-electron chi connectivity index (χ0n) is 10.2. The molecule has 1 rings (SSSR count). The third-order valence-electron chi connectivity index (χ3n) is 3.04. The smallest absolute Gasteiger partial charge is 0.0226 e. The lowest BCUT2D eigenvalue weighted by atomic mass is 9.91. The lowest BCUT2D eigenvalue weighted by molar-refractivity contribution is 0.0919. The van der Waals surface area contributed by atoms with Crippen LogP contribution in [0.5, 0.6) is 0 Å². The highest BCUT2D eigenvalue weighted by Crippen LogP contribution is 2.24. The molecule has 0 bridgehead atoms. The maximum absolute atomic E-state index is 6.09.